The molecule has 1 aromatic carbocycles. The lowest BCUT2D eigenvalue weighted by Crippen LogP contribution is -2.24. The third kappa shape index (κ3) is 3.49. The first-order chi connectivity index (χ1) is 9.51. The van der Waals surface area contributed by atoms with Gasteiger partial charge in [0.1, 0.15) is 0 Å². The van der Waals surface area contributed by atoms with Gasteiger partial charge in [-0.25, -0.2) is 0 Å². The van der Waals surface area contributed by atoms with Gasteiger partial charge in [-0.05, 0) is 43.7 Å². The van der Waals surface area contributed by atoms with Gasteiger partial charge >= 0.3 is 0 Å². The smallest absolute Gasteiger partial charge is 0.0596 e. The van der Waals surface area contributed by atoms with Gasteiger partial charge in [0, 0.05) is 29.7 Å². The third-order valence-corrected chi connectivity index (χ3v) is 4.18. The molecule has 1 aromatic heterocycles. The summed E-state index contributed by atoms with van der Waals surface area (Å²) >= 11 is 3.69. The average molecular weight is 336 g/mol. The molecule has 0 saturated carbocycles. The molecule has 0 bridgehead atoms. The van der Waals surface area contributed by atoms with Crippen molar-refractivity contribution in [1.29, 1.82) is 0 Å². The highest BCUT2D eigenvalue weighted by Crippen LogP contribution is 2.27. The van der Waals surface area contributed by atoms with E-state index in [4.69, 9.17) is 0 Å². The SMILES string of the molecule is CCNC(Cc1cc(C)nn1C)c1ccc(C)cc1Br. The van der Waals surface area contributed by atoms with E-state index in [1.54, 1.807) is 0 Å². The summed E-state index contributed by atoms with van der Waals surface area (Å²) in [6.07, 6.45) is 0.937. The second kappa shape index (κ2) is 6.55. The Labute approximate surface area is 129 Å². The lowest BCUT2D eigenvalue weighted by molar-refractivity contribution is 0.527. The number of benzene rings is 1. The molecular weight excluding hydrogens is 314 g/mol. The summed E-state index contributed by atoms with van der Waals surface area (Å²) < 4.78 is 3.14. The van der Waals surface area contributed by atoms with Crippen molar-refractivity contribution < 1.29 is 0 Å². The van der Waals surface area contributed by atoms with Crippen molar-refractivity contribution in [3.63, 3.8) is 0 Å². The molecule has 3 nitrogen and oxygen atoms in total. The van der Waals surface area contributed by atoms with Crippen LogP contribution < -0.4 is 5.32 Å². The van der Waals surface area contributed by atoms with E-state index in [0.29, 0.717) is 6.04 Å². The lowest BCUT2D eigenvalue weighted by Gasteiger charge is -2.20. The van der Waals surface area contributed by atoms with Gasteiger partial charge in [-0.3, -0.25) is 4.68 Å². The van der Waals surface area contributed by atoms with Crippen molar-refractivity contribution in [2.75, 3.05) is 6.54 Å². The number of nitrogens with one attached hydrogen (secondary N) is 1. The summed E-state index contributed by atoms with van der Waals surface area (Å²) in [5.41, 5.74) is 4.89. The van der Waals surface area contributed by atoms with Crippen LogP contribution in [0.15, 0.2) is 28.7 Å². The van der Waals surface area contributed by atoms with Crippen LogP contribution in [0.4, 0.5) is 0 Å². The minimum Gasteiger partial charge on any atom is -0.310 e. The third-order valence-electron chi connectivity index (χ3n) is 3.49. The number of hydrogen-bond donors (Lipinski definition) is 1. The van der Waals surface area contributed by atoms with Gasteiger partial charge < -0.3 is 5.32 Å². The highest BCUT2D eigenvalue weighted by molar-refractivity contribution is 9.10. The van der Waals surface area contributed by atoms with Crippen molar-refractivity contribution in [1.82, 2.24) is 15.1 Å². The van der Waals surface area contributed by atoms with Crippen molar-refractivity contribution in [2.45, 2.75) is 33.2 Å². The van der Waals surface area contributed by atoms with Gasteiger partial charge in [0.25, 0.3) is 0 Å². The predicted octanol–water partition coefficient (Wildman–Crippen LogP) is 3.69. The molecule has 0 spiro atoms. The van der Waals surface area contributed by atoms with Crippen LogP contribution in [0.5, 0.6) is 0 Å². The van der Waals surface area contributed by atoms with Crippen LogP contribution in [-0.4, -0.2) is 16.3 Å². The fourth-order valence-corrected chi connectivity index (χ4v) is 3.29. The van der Waals surface area contributed by atoms with Crippen LogP contribution in [0, 0.1) is 13.8 Å². The quantitative estimate of drug-likeness (QED) is 0.902. The molecule has 0 aliphatic rings. The number of nitrogens with zero attached hydrogens (tertiary/aromatic N) is 2. The maximum atomic E-state index is 4.43. The molecule has 1 atom stereocenters. The van der Waals surface area contributed by atoms with E-state index < -0.39 is 0 Å². The first-order valence-corrected chi connectivity index (χ1v) is 7.79. The van der Waals surface area contributed by atoms with E-state index in [0.717, 1.165) is 18.7 Å². The number of likely N-dealkylation sites (N-methyl/N-ethyl adjacent to an activating group) is 1. The number of aromatic nitrogens is 2. The fourth-order valence-electron chi connectivity index (χ4n) is 2.52. The van der Waals surface area contributed by atoms with Gasteiger partial charge in [0.15, 0.2) is 0 Å². The Bertz CT molecular complexity index is 589. The second-order valence-corrected chi connectivity index (χ2v) is 6.09. The number of halogens is 1. The minimum absolute atomic E-state index is 0.296. The number of rotatable bonds is 5. The standard InChI is InChI=1S/C16H22BrN3/c1-5-18-16(10-13-9-12(3)19-20(13)4)14-7-6-11(2)8-15(14)17/h6-9,16,18H,5,10H2,1-4H3. The maximum absolute atomic E-state index is 4.43. The average Bonchev–Trinajstić information content (AvgIpc) is 2.67. The van der Waals surface area contributed by atoms with Crippen molar-refractivity contribution in [2.24, 2.45) is 7.05 Å². The molecule has 0 aliphatic heterocycles. The minimum atomic E-state index is 0.296. The summed E-state index contributed by atoms with van der Waals surface area (Å²) in [6, 6.07) is 9.00. The summed E-state index contributed by atoms with van der Waals surface area (Å²) in [6.45, 7) is 7.24. The molecule has 0 amide bonds. The predicted molar refractivity (Wildman–Crippen MR) is 86.9 cm³/mol. The Hall–Kier alpha value is -1.13. The molecular formula is C16H22BrN3. The van der Waals surface area contributed by atoms with Gasteiger partial charge in [0.2, 0.25) is 0 Å². The Balaban J connectivity index is 2.29. The fraction of sp³-hybridized carbons (Fsp3) is 0.438. The van der Waals surface area contributed by atoms with Crippen LogP contribution >= 0.6 is 15.9 Å². The lowest BCUT2D eigenvalue weighted by atomic mass is 10.0. The zero-order valence-electron chi connectivity index (χ0n) is 12.6. The molecule has 1 heterocycles. The van der Waals surface area contributed by atoms with E-state index in [1.165, 1.54) is 21.3 Å². The molecule has 1 unspecified atom stereocenters. The summed E-state index contributed by atoms with van der Waals surface area (Å²) in [5.74, 6) is 0. The van der Waals surface area contributed by atoms with Crippen molar-refractivity contribution in [3.05, 3.63) is 51.3 Å². The van der Waals surface area contributed by atoms with E-state index in [9.17, 15) is 0 Å². The van der Waals surface area contributed by atoms with Gasteiger partial charge in [-0.15, -0.1) is 0 Å². The van der Waals surface area contributed by atoms with E-state index >= 15 is 0 Å². The highest BCUT2D eigenvalue weighted by atomic mass is 79.9. The van der Waals surface area contributed by atoms with Gasteiger partial charge in [0.05, 0.1) is 5.69 Å². The zero-order chi connectivity index (χ0) is 14.7. The Morgan fingerprint density at radius 2 is 2.05 bits per heavy atom. The molecule has 2 aromatic rings. The largest absolute Gasteiger partial charge is 0.310 e. The van der Waals surface area contributed by atoms with Crippen LogP contribution in [0.2, 0.25) is 0 Å². The van der Waals surface area contributed by atoms with Crippen LogP contribution in [0.1, 0.15) is 35.5 Å². The zero-order valence-corrected chi connectivity index (χ0v) is 14.2. The first-order valence-electron chi connectivity index (χ1n) is 7.00. The Morgan fingerprint density at radius 1 is 1.30 bits per heavy atom. The Kier molecular flexibility index (Phi) is 5.00. The van der Waals surface area contributed by atoms with Gasteiger partial charge in [-0.2, -0.15) is 5.10 Å². The molecule has 1 N–H and O–H groups in total. The summed E-state index contributed by atoms with van der Waals surface area (Å²) in [7, 11) is 2.01. The number of aryl methyl sites for hydroxylation is 3. The van der Waals surface area contributed by atoms with Crippen LogP contribution in [0.25, 0.3) is 0 Å². The van der Waals surface area contributed by atoms with Crippen LogP contribution in [0.3, 0.4) is 0 Å². The van der Waals surface area contributed by atoms with Crippen molar-refractivity contribution in [3.8, 4) is 0 Å². The molecule has 0 saturated heterocycles. The Morgan fingerprint density at radius 3 is 2.60 bits per heavy atom. The van der Waals surface area contributed by atoms with E-state index in [-0.39, 0.29) is 0 Å². The first kappa shape index (κ1) is 15.3. The monoisotopic (exact) mass is 335 g/mol. The second-order valence-electron chi connectivity index (χ2n) is 5.24. The molecule has 4 heteroatoms. The molecule has 0 radical (unpaired) electrons. The maximum Gasteiger partial charge on any atom is 0.0596 e. The molecule has 0 fully saturated rings. The normalized spacial score (nSPS) is 12.7. The summed E-state index contributed by atoms with van der Waals surface area (Å²) in [4.78, 5) is 0. The molecule has 2 rings (SSSR count). The number of hydrogen-bond acceptors (Lipinski definition) is 2. The molecule has 20 heavy (non-hydrogen) atoms. The highest BCUT2D eigenvalue weighted by Gasteiger charge is 2.16. The van der Waals surface area contributed by atoms with Gasteiger partial charge in [-0.1, -0.05) is 35.0 Å². The topological polar surface area (TPSA) is 29.9 Å². The molecule has 0 aliphatic carbocycles. The summed E-state index contributed by atoms with van der Waals surface area (Å²) in [5, 5.41) is 8.00. The van der Waals surface area contributed by atoms with E-state index in [1.807, 2.05) is 18.7 Å². The molecule has 108 valence electrons. The van der Waals surface area contributed by atoms with E-state index in [2.05, 4.69) is 64.5 Å². The van der Waals surface area contributed by atoms with Crippen LogP contribution in [-0.2, 0) is 13.5 Å². The van der Waals surface area contributed by atoms with Crippen molar-refractivity contribution >= 4 is 15.9 Å².